The first-order chi connectivity index (χ1) is 8.25. The molecule has 0 saturated carbocycles. The summed E-state index contributed by atoms with van der Waals surface area (Å²) in [6, 6.07) is 6.52. The molecule has 1 aromatic rings. The second-order valence-corrected chi connectivity index (χ2v) is 4.79. The molecule has 2 aliphatic heterocycles. The van der Waals surface area contributed by atoms with Crippen LogP contribution in [0.2, 0.25) is 0 Å². The van der Waals surface area contributed by atoms with Crippen LogP contribution in [0.1, 0.15) is 12.0 Å². The van der Waals surface area contributed by atoms with Gasteiger partial charge in [-0.3, -0.25) is 4.79 Å². The molecule has 1 saturated heterocycles. The van der Waals surface area contributed by atoms with E-state index in [2.05, 4.69) is 28.5 Å². The second-order valence-electron chi connectivity index (χ2n) is 4.79. The predicted molar refractivity (Wildman–Crippen MR) is 68.4 cm³/mol. The lowest BCUT2D eigenvalue weighted by Gasteiger charge is -2.36. The van der Waals surface area contributed by atoms with Crippen LogP contribution in [0.25, 0.3) is 0 Å². The number of benzene rings is 1. The summed E-state index contributed by atoms with van der Waals surface area (Å²) in [5, 5.41) is 6.31. The Kier molecular flexibility index (Phi) is 2.52. The second kappa shape index (κ2) is 4.04. The van der Waals surface area contributed by atoms with Gasteiger partial charge >= 0.3 is 0 Å². The fourth-order valence-corrected chi connectivity index (χ4v) is 2.78. The number of aryl methyl sites for hydroxylation is 1. The SMILES string of the molecule is Cc1cccc2c1N(C1CCNC1)CC(=O)N2. The Morgan fingerprint density at radius 2 is 2.29 bits per heavy atom. The molecule has 1 amide bonds. The van der Waals surface area contributed by atoms with E-state index in [9.17, 15) is 4.79 Å². The number of hydrogen-bond donors (Lipinski definition) is 2. The van der Waals surface area contributed by atoms with Crippen LogP contribution >= 0.6 is 0 Å². The van der Waals surface area contributed by atoms with Crippen molar-refractivity contribution >= 4 is 17.3 Å². The minimum absolute atomic E-state index is 0.0926. The van der Waals surface area contributed by atoms with Gasteiger partial charge < -0.3 is 15.5 Å². The largest absolute Gasteiger partial charge is 0.356 e. The van der Waals surface area contributed by atoms with Crippen molar-refractivity contribution in [1.29, 1.82) is 0 Å². The fourth-order valence-electron chi connectivity index (χ4n) is 2.78. The molecule has 1 aromatic carbocycles. The Hall–Kier alpha value is -1.55. The maximum Gasteiger partial charge on any atom is 0.243 e. The summed E-state index contributed by atoms with van der Waals surface area (Å²) >= 11 is 0. The first kappa shape index (κ1) is 10.6. The maximum atomic E-state index is 11.7. The van der Waals surface area contributed by atoms with Gasteiger partial charge in [0.1, 0.15) is 0 Å². The third-order valence-electron chi connectivity index (χ3n) is 3.59. The van der Waals surface area contributed by atoms with Crippen LogP contribution in [-0.2, 0) is 4.79 Å². The zero-order valence-corrected chi connectivity index (χ0v) is 9.99. The summed E-state index contributed by atoms with van der Waals surface area (Å²) in [5.41, 5.74) is 3.38. The number of fused-ring (bicyclic) bond motifs is 1. The molecule has 0 aliphatic carbocycles. The molecule has 0 radical (unpaired) electrons. The average Bonchev–Trinajstić information content (AvgIpc) is 2.81. The van der Waals surface area contributed by atoms with Gasteiger partial charge in [0.15, 0.2) is 0 Å². The van der Waals surface area contributed by atoms with Crippen molar-refractivity contribution in [2.75, 3.05) is 29.9 Å². The number of para-hydroxylation sites is 1. The van der Waals surface area contributed by atoms with E-state index < -0.39 is 0 Å². The zero-order valence-electron chi connectivity index (χ0n) is 9.99. The van der Waals surface area contributed by atoms with Crippen molar-refractivity contribution < 1.29 is 4.79 Å². The van der Waals surface area contributed by atoms with Crippen LogP contribution in [0.3, 0.4) is 0 Å². The molecule has 1 atom stereocenters. The third-order valence-corrected chi connectivity index (χ3v) is 3.59. The number of anilines is 2. The minimum Gasteiger partial charge on any atom is -0.356 e. The lowest BCUT2D eigenvalue weighted by Crippen LogP contribution is -2.45. The van der Waals surface area contributed by atoms with Gasteiger partial charge in [-0.05, 0) is 31.5 Å². The quantitative estimate of drug-likeness (QED) is 0.761. The molecule has 90 valence electrons. The molecule has 0 bridgehead atoms. The highest BCUT2D eigenvalue weighted by Crippen LogP contribution is 2.34. The molecule has 0 spiro atoms. The summed E-state index contributed by atoms with van der Waals surface area (Å²) < 4.78 is 0. The highest BCUT2D eigenvalue weighted by Gasteiger charge is 2.30. The summed E-state index contributed by atoms with van der Waals surface area (Å²) in [5.74, 6) is 0.0926. The van der Waals surface area contributed by atoms with Gasteiger partial charge in [0.25, 0.3) is 0 Å². The molecular formula is C13H17N3O. The molecule has 2 N–H and O–H groups in total. The van der Waals surface area contributed by atoms with Gasteiger partial charge in [-0.1, -0.05) is 12.1 Å². The average molecular weight is 231 g/mol. The van der Waals surface area contributed by atoms with E-state index in [0.717, 1.165) is 25.2 Å². The zero-order chi connectivity index (χ0) is 11.8. The number of amides is 1. The third kappa shape index (κ3) is 1.78. The molecule has 4 nitrogen and oxygen atoms in total. The normalized spacial score (nSPS) is 23.5. The molecule has 1 fully saturated rings. The number of carbonyl (C=O) groups excluding carboxylic acids is 1. The molecule has 17 heavy (non-hydrogen) atoms. The lowest BCUT2D eigenvalue weighted by molar-refractivity contribution is -0.115. The summed E-state index contributed by atoms with van der Waals surface area (Å²) in [4.78, 5) is 14.0. The highest BCUT2D eigenvalue weighted by atomic mass is 16.2. The van der Waals surface area contributed by atoms with Crippen LogP contribution in [-0.4, -0.2) is 31.6 Å². The van der Waals surface area contributed by atoms with Crippen molar-refractivity contribution in [2.45, 2.75) is 19.4 Å². The van der Waals surface area contributed by atoms with E-state index in [0.29, 0.717) is 12.6 Å². The monoisotopic (exact) mass is 231 g/mol. The van der Waals surface area contributed by atoms with Crippen LogP contribution in [0.15, 0.2) is 18.2 Å². The molecule has 0 aromatic heterocycles. The number of rotatable bonds is 1. The smallest absolute Gasteiger partial charge is 0.243 e. The molecule has 2 aliphatic rings. The van der Waals surface area contributed by atoms with E-state index in [1.807, 2.05) is 12.1 Å². The Morgan fingerprint density at radius 1 is 1.41 bits per heavy atom. The van der Waals surface area contributed by atoms with Gasteiger partial charge in [0, 0.05) is 12.6 Å². The van der Waals surface area contributed by atoms with Gasteiger partial charge in [-0.15, -0.1) is 0 Å². The highest BCUT2D eigenvalue weighted by molar-refractivity contribution is 6.01. The predicted octanol–water partition coefficient (Wildman–Crippen LogP) is 1.12. The van der Waals surface area contributed by atoms with E-state index in [-0.39, 0.29) is 5.91 Å². The van der Waals surface area contributed by atoms with E-state index in [1.54, 1.807) is 0 Å². The fraction of sp³-hybridized carbons (Fsp3) is 0.462. The molecular weight excluding hydrogens is 214 g/mol. The Labute approximate surface area is 101 Å². The maximum absolute atomic E-state index is 11.7. The van der Waals surface area contributed by atoms with Gasteiger partial charge in [-0.25, -0.2) is 0 Å². The van der Waals surface area contributed by atoms with Crippen molar-refractivity contribution in [2.24, 2.45) is 0 Å². The Morgan fingerprint density at radius 3 is 3.06 bits per heavy atom. The van der Waals surface area contributed by atoms with Crippen LogP contribution in [0.5, 0.6) is 0 Å². The Balaban J connectivity index is 2.03. The number of carbonyl (C=O) groups is 1. The van der Waals surface area contributed by atoms with Crippen molar-refractivity contribution in [1.82, 2.24) is 5.32 Å². The van der Waals surface area contributed by atoms with Crippen molar-refractivity contribution in [3.05, 3.63) is 23.8 Å². The van der Waals surface area contributed by atoms with Crippen molar-refractivity contribution in [3.63, 3.8) is 0 Å². The van der Waals surface area contributed by atoms with Crippen LogP contribution < -0.4 is 15.5 Å². The number of hydrogen-bond acceptors (Lipinski definition) is 3. The van der Waals surface area contributed by atoms with E-state index in [4.69, 9.17) is 0 Å². The molecule has 1 unspecified atom stereocenters. The van der Waals surface area contributed by atoms with Crippen LogP contribution in [0.4, 0.5) is 11.4 Å². The van der Waals surface area contributed by atoms with Gasteiger partial charge in [0.2, 0.25) is 5.91 Å². The molecule has 3 rings (SSSR count). The summed E-state index contributed by atoms with van der Waals surface area (Å²) in [6.45, 7) is 4.60. The van der Waals surface area contributed by atoms with E-state index in [1.165, 1.54) is 11.3 Å². The molecule has 2 heterocycles. The van der Waals surface area contributed by atoms with Crippen LogP contribution in [0, 0.1) is 6.92 Å². The number of nitrogens with zero attached hydrogens (tertiary/aromatic N) is 1. The Bertz CT molecular complexity index is 452. The minimum atomic E-state index is 0.0926. The van der Waals surface area contributed by atoms with E-state index >= 15 is 0 Å². The van der Waals surface area contributed by atoms with Gasteiger partial charge in [-0.2, -0.15) is 0 Å². The topological polar surface area (TPSA) is 44.4 Å². The lowest BCUT2D eigenvalue weighted by atomic mass is 10.1. The first-order valence-electron chi connectivity index (χ1n) is 6.12. The molecule has 4 heteroatoms. The standard InChI is InChI=1S/C13H17N3O/c1-9-3-2-4-11-13(9)16(8-12(17)15-11)10-5-6-14-7-10/h2-4,10,14H,5-8H2,1H3,(H,15,17). The first-order valence-corrected chi connectivity index (χ1v) is 6.12. The number of nitrogens with one attached hydrogen (secondary N) is 2. The summed E-state index contributed by atoms with van der Waals surface area (Å²) in [7, 11) is 0. The van der Waals surface area contributed by atoms with Gasteiger partial charge in [0.05, 0.1) is 17.9 Å². The summed E-state index contributed by atoms with van der Waals surface area (Å²) in [6.07, 6.45) is 1.11. The van der Waals surface area contributed by atoms with Crippen molar-refractivity contribution in [3.8, 4) is 0 Å².